The van der Waals surface area contributed by atoms with E-state index in [1.807, 2.05) is 27.7 Å². The second-order valence-corrected chi connectivity index (χ2v) is 4.21. The van der Waals surface area contributed by atoms with E-state index in [4.69, 9.17) is 4.74 Å². The summed E-state index contributed by atoms with van der Waals surface area (Å²) in [6, 6.07) is 0. The summed E-state index contributed by atoms with van der Waals surface area (Å²) in [4.78, 5) is 11.2. The molecule has 1 amide bonds. The SMILES string of the molecule is CCCC(C)(C)NC(=O)OC(C)C. The molecule has 0 saturated carbocycles. The zero-order chi connectivity index (χ0) is 10.5. The Morgan fingerprint density at radius 3 is 2.38 bits per heavy atom. The molecule has 0 heterocycles. The van der Waals surface area contributed by atoms with Crippen LogP contribution in [-0.4, -0.2) is 17.7 Å². The lowest BCUT2D eigenvalue weighted by Crippen LogP contribution is -2.44. The van der Waals surface area contributed by atoms with Crippen LogP contribution in [0.2, 0.25) is 0 Å². The highest BCUT2D eigenvalue weighted by Gasteiger charge is 2.20. The highest BCUT2D eigenvalue weighted by molar-refractivity contribution is 5.68. The maximum Gasteiger partial charge on any atom is 0.407 e. The van der Waals surface area contributed by atoms with Crippen molar-refractivity contribution in [3.63, 3.8) is 0 Å². The van der Waals surface area contributed by atoms with Gasteiger partial charge in [-0.15, -0.1) is 0 Å². The number of amides is 1. The molecular formula is C10H21NO2. The number of hydrogen-bond acceptors (Lipinski definition) is 2. The van der Waals surface area contributed by atoms with Gasteiger partial charge in [0, 0.05) is 5.54 Å². The summed E-state index contributed by atoms with van der Waals surface area (Å²) in [6.45, 7) is 9.77. The molecule has 0 rings (SSSR count). The fraction of sp³-hybridized carbons (Fsp3) is 0.900. The van der Waals surface area contributed by atoms with Crippen LogP contribution in [0.25, 0.3) is 0 Å². The minimum absolute atomic E-state index is 0.0579. The Morgan fingerprint density at radius 1 is 1.46 bits per heavy atom. The Labute approximate surface area is 80.8 Å². The predicted octanol–water partition coefficient (Wildman–Crippen LogP) is 2.70. The lowest BCUT2D eigenvalue weighted by atomic mass is 9.99. The third kappa shape index (κ3) is 6.43. The standard InChI is InChI=1S/C10H21NO2/c1-6-7-10(4,5)11-9(12)13-8(2)3/h8H,6-7H2,1-5H3,(H,11,12). The first-order valence-electron chi connectivity index (χ1n) is 4.86. The van der Waals surface area contributed by atoms with Gasteiger partial charge in [-0.3, -0.25) is 0 Å². The molecule has 0 radical (unpaired) electrons. The third-order valence-corrected chi connectivity index (χ3v) is 1.66. The first kappa shape index (κ1) is 12.3. The Morgan fingerprint density at radius 2 is 2.00 bits per heavy atom. The van der Waals surface area contributed by atoms with Crippen LogP contribution >= 0.6 is 0 Å². The topological polar surface area (TPSA) is 38.3 Å². The lowest BCUT2D eigenvalue weighted by molar-refractivity contribution is 0.106. The molecular weight excluding hydrogens is 166 g/mol. The van der Waals surface area contributed by atoms with Crippen LogP contribution in [0.15, 0.2) is 0 Å². The average Bonchev–Trinajstić information content (AvgIpc) is 1.81. The van der Waals surface area contributed by atoms with Gasteiger partial charge in [-0.05, 0) is 34.1 Å². The molecule has 78 valence electrons. The van der Waals surface area contributed by atoms with Crippen LogP contribution in [0.1, 0.15) is 47.5 Å². The largest absolute Gasteiger partial charge is 0.447 e. The van der Waals surface area contributed by atoms with Crippen LogP contribution in [0.5, 0.6) is 0 Å². The van der Waals surface area contributed by atoms with E-state index in [1.165, 1.54) is 0 Å². The van der Waals surface area contributed by atoms with Crippen molar-refractivity contribution in [2.24, 2.45) is 0 Å². The molecule has 1 N–H and O–H groups in total. The zero-order valence-electron chi connectivity index (χ0n) is 9.31. The molecule has 0 fully saturated rings. The van der Waals surface area contributed by atoms with Crippen LogP contribution < -0.4 is 5.32 Å². The number of rotatable bonds is 4. The third-order valence-electron chi connectivity index (χ3n) is 1.66. The minimum atomic E-state index is -0.326. The maximum absolute atomic E-state index is 11.2. The molecule has 0 aromatic heterocycles. The van der Waals surface area contributed by atoms with Crippen molar-refractivity contribution in [2.75, 3.05) is 0 Å². The second-order valence-electron chi connectivity index (χ2n) is 4.21. The molecule has 0 aliphatic heterocycles. The highest BCUT2D eigenvalue weighted by atomic mass is 16.6. The normalized spacial score (nSPS) is 11.5. The van der Waals surface area contributed by atoms with E-state index in [9.17, 15) is 4.79 Å². The van der Waals surface area contributed by atoms with E-state index < -0.39 is 0 Å². The van der Waals surface area contributed by atoms with Crippen molar-refractivity contribution in [3.8, 4) is 0 Å². The van der Waals surface area contributed by atoms with Gasteiger partial charge in [0.15, 0.2) is 0 Å². The minimum Gasteiger partial charge on any atom is -0.447 e. The van der Waals surface area contributed by atoms with Crippen LogP contribution in [0.4, 0.5) is 4.79 Å². The Kier molecular flexibility index (Phi) is 4.81. The summed E-state index contributed by atoms with van der Waals surface area (Å²) in [6.07, 6.45) is 1.63. The summed E-state index contributed by atoms with van der Waals surface area (Å²) >= 11 is 0. The van der Waals surface area contributed by atoms with E-state index >= 15 is 0 Å². The number of alkyl carbamates (subject to hydrolysis) is 1. The van der Waals surface area contributed by atoms with Crippen LogP contribution in [0.3, 0.4) is 0 Å². The van der Waals surface area contributed by atoms with Crippen molar-refractivity contribution in [1.29, 1.82) is 0 Å². The van der Waals surface area contributed by atoms with E-state index in [0.717, 1.165) is 12.8 Å². The molecule has 0 bridgehead atoms. The van der Waals surface area contributed by atoms with Crippen molar-refractivity contribution in [1.82, 2.24) is 5.32 Å². The molecule has 0 atom stereocenters. The first-order chi connectivity index (χ1) is 5.87. The fourth-order valence-electron chi connectivity index (χ4n) is 1.21. The molecule has 0 spiro atoms. The molecule has 0 aromatic rings. The van der Waals surface area contributed by atoms with E-state index in [0.29, 0.717) is 0 Å². The monoisotopic (exact) mass is 187 g/mol. The van der Waals surface area contributed by atoms with Crippen molar-refractivity contribution < 1.29 is 9.53 Å². The molecule has 0 saturated heterocycles. The maximum atomic E-state index is 11.2. The summed E-state index contributed by atoms with van der Waals surface area (Å²) < 4.78 is 4.98. The summed E-state index contributed by atoms with van der Waals surface area (Å²) in [5.41, 5.74) is -0.166. The van der Waals surface area contributed by atoms with Gasteiger partial charge in [0.25, 0.3) is 0 Å². The number of nitrogens with one attached hydrogen (secondary N) is 1. The van der Waals surface area contributed by atoms with Gasteiger partial charge < -0.3 is 10.1 Å². The molecule has 0 unspecified atom stereocenters. The number of carbonyl (C=O) groups is 1. The van der Waals surface area contributed by atoms with Crippen LogP contribution in [-0.2, 0) is 4.74 Å². The van der Waals surface area contributed by atoms with Gasteiger partial charge in [-0.1, -0.05) is 13.3 Å². The van der Waals surface area contributed by atoms with E-state index in [-0.39, 0.29) is 17.7 Å². The Balaban J connectivity index is 3.89. The van der Waals surface area contributed by atoms with Crippen molar-refractivity contribution >= 4 is 6.09 Å². The van der Waals surface area contributed by atoms with Crippen molar-refractivity contribution in [2.45, 2.75) is 59.1 Å². The molecule has 0 aliphatic rings. The second kappa shape index (κ2) is 5.10. The van der Waals surface area contributed by atoms with E-state index in [2.05, 4.69) is 12.2 Å². The molecule has 13 heavy (non-hydrogen) atoms. The van der Waals surface area contributed by atoms with Gasteiger partial charge in [-0.2, -0.15) is 0 Å². The fourth-order valence-corrected chi connectivity index (χ4v) is 1.21. The number of ether oxygens (including phenoxy) is 1. The average molecular weight is 187 g/mol. The predicted molar refractivity (Wildman–Crippen MR) is 53.7 cm³/mol. The smallest absolute Gasteiger partial charge is 0.407 e. The van der Waals surface area contributed by atoms with E-state index in [1.54, 1.807) is 0 Å². The van der Waals surface area contributed by atoms with Gasteiger partial charge in [0.05, 0.1) is 6.10 Å². The van der Waals surface area contributed by atoms with Crippen LogP contribution in [0, 0.1) is 0 Å². The Bertz CT molecular complexity index is 164. The van der Waals surface area contributed by atoms with Crippen molar-refractivity contribution in [3.05, 3.63) is 0 Å². The molecule has 0 aromatic carbocycles. The van der Waals surface area contributed by atoms with Gasteiger partial charge in [-0.25, -0.2) is 4.79 Å². The number of carbonyl (C=O) groups excluding carboxylic acids is 1. The van der Waals surface area contributed by atoms with Gasteiger partial charge in [0.2, 0.25) is 0 Å². The molecule has 3 heteroatoms. The molecule has 3 nitrogen and oxygen atoms in total. The quantitative estimate of drug-likeness (QED) is 0.734. The lowest BCUT2D eigenvalue weighted by Gasteiger charge is -2.25. The zero-order valence-corrected chi connectivity index (χ0v) is 9.31. The molecule has 0 aliphatic carbocycles. The van der Waals surface area contributed by atoms with Gasteiger partial charge in [0.1, 0.15) is 0 Å². The summed E-state index contributed by atoms with van der Waals surface area (Å²) in [7, 11) is 0. The first-order valence-corrected chi connectivity index (χ1v) is 4.86. The summed E-state index contributed by atoms with van der Waals surface area (Å²) in [5.74, 6) is 0. The Hall–Kier alpha value is -0.730. The summed E-state index contributed by atoms with van der Waals surface area (Å²) in [5, 5.41) is 2.83. The highest BCUT2D eigenvalue weighted by Crippen LogP contribution is 2.10. The number of hydrogen-bond donors (Lipinski definition) is 1. The van der Waals surface area contributed by atoms with Gasteiger partial charge >= 0.3 is 6.09 Å².